The van der Waals surface area contributed by atoms with Crippen molar-refractivity contribution in [3.8, 4) is 22.4 Å². The molecule has 0 aliphatic heterocycles. The lowest BCUT2D eigenvalue weighted by molar-refractivity contribution is 0.281. The van der Waals surface area contributed by atoms with E-state index < -0.39 is 0 Å². The van der Waals surface area contributed by atoms with Gasteiger partial charge in [0.25, 0.3) is 0 Å². The number of aliphatic hydroxyl groups is 1. The highest BCUT2D eigenvalue weighted by molar-refractivity contribution is 5.69. The monoisotopic (exact) mass is 300 g/mol. The van der Waals surface area contributed by atoms with Crippen LogP contribution in [-0.2, 0) is 6.61 Å². The lowest BCUT2D eigenvalue weighted by Crippen LogP contribution is -1.88. The van der Waals surface area contributed by atoms with E-state index in [1.165, 1.54) is 11.1 Å². The van der Waals surface area contributed by atoms with Crippen LogP contribution in [0.25, 0.3) is 28.0 Å². The molecule has 4 rings (SSSR count). The molecule has 0 spiro atoms. The van der Waals surface area contributed by atoms with Crippen molar-refractivity contribution >= 4 is 5.65 Å². The first-order valence-corrected chi connectivity index (χ1v) is 7.58. The van der Waals surface area contributed by atoms with Gasteiger partial charge in [0.05, 0.1) is 12.3 Å². The van der Waals surface area contributed by atoms with Gasteiger partial charge in [0.15, 0.2) is 0 Å². The lowest BCUT2D eigenvalue weighted by atomic mass is 10.0. The van der Waals surface area contributed by atoms with Crippen LogP contribution in [0.3, 0.4) is 0 Å². The van der Waals surface area contributed by atoms with E-state index in [2.05, 4.69) is 41.4 Å². The summed E-state index contributed by atoms with van der Waals surface area (Å²) in [7, 11) is 0. The maximum Gasteiger partial charge on any atom is 0.137 e. The molecule has 0 aliphatic carbocycles. The number of nitrogens with zero attached hydrogens (tertiary/aromatic N) is 2. The summed E-state index contributed by atoms with van der Waals surface area (Å²) in [6.45, 7) is 0.0369. The van der Waals surface area contributed by atoms with Crippen LogP contribution in [-0.4, -0.2) is 14.5 Å². The van der Waals surface area contributed by atoms with E-state index in [1.807, 2.05) is 47.1 Å². The average molecular weight is 300 g/mol. The number of fused-ring (bicyclic) bond motifs is 1. The molecule has 2 heterocycles. The standard InChI is InChI=1S/C20H16N2O/c23-14-15-6-11-20-21-19(13-22(20)12-15)18-9-7-17(8-10-18)16-4-2-1-3-5-16/h1-13,23H,14H2. The van der Waals surface area contributed by atoms with Gasteiger partial charge in [-0.15, -0.1) is 0 Å². The van der Waals surface area contributed by atoms with Crippen molar-refractivity contribution in [3.05, 3.63) is 84.7 Å². The number of rotatable bonds is 3. The summed E-state index contributed by atoms with van der Waals surface area (Å²) < 4.78 is 1.95. The predicted octanol–water partition coefficient (Wildman–Crippen LogP) is 4.16. The molecule has 3 heteroatoms. The van der Waals surface area contributed by atoms with E-state index in [9.17, 15) is 5.11 Å². The Kier molecular flexibility index (Phi) is 3.41. The van der Waals surface area contributed by atoms with E-state index in [-0.39, 0.29) is 6.61 Å². The van der Waals surface area contributed by atoms with Crippen LogP contribution < -0.4 is 0 Å². The van der Waals surface area contributed by atoms with Crippen molar-refractivity contribution in [3.63, 3.8) is 0 Å². The van der Waals surface area contributed by atoms with E-state index in [0.29, 0.717) is 0 Å². The van der Waals surface area contributed by atoms with Crippen molar-refractivity contribution in [2.45, 2.75) is 6.61 Å². The Hall–Kier alpha value is -2.91. The zero-order chi connectivity index (χ0) is 15.6. The topological polar surface area (TPSA) is 37.5 Å². The van der Waals surface area contributed by atoms with Gasteiger partial charge < -0.3 is 9.51 Å². The van der Waals surface area contributed by atoms with Crippen LogP contribution in [0.2, 0.25) is 0 Å². The molecule has 23 heavy (non-hydrogen) atoms. The fourth-order valence-electron chi connectivity index (χ4n) is 2.73. The van der Waals surface area contributed by atoms with E-state index in [0.717, 1.165) is 22.5 Å². The van der Waals surface area contributed by atoms with E-state index in [1.54, 1.807) is 0 Å². The number of pyridine rings is 1. The molecule has 3 nitrogen and oxygen atoms in total. The zero-order valence-corrected chi connectivity index (χ0v) is 12.6. The maximum atomic E-state index is 9.23. The van der Waals surface area contributed by atoms with Crippen molar-refractivity contribution in [2.75, 3.05) is 0 Å². The van der Waals surface area contributed by atoms with Crippen LogP contribution >= 0.6 is 0 Å². The Balaban J connectivity index is 1.70. The zero-order valence-electron chi connectivity index (χ0n) is 12.6. The number of hydrogen-bond acceptors (Lipinski definition) is 2. The van der Waals surface area contributed by atoms with Gasteiger partial charge in [-0.1, -0.05) is 60.7 Å². The highest BCUT2D eigenvalue weighted by Gasteiger charge is 2.05. The molecule has 0 unspecified atom stereocenters. The molecular formula is C20H16N2O. The number of imidazole rings is 1. The molecule has 0 atom stereocenters. The molecule has 1 N–H and O–H groups in total. The highest BCUT2D eigenvalue weighted by Crippen LogP contribution is 2.24. The van der Waals surface area contributed by atoms with Gasteiger partial charge in [-0.05, 0) is 22.8 Å². The number of benzene rings is 2. The van der Waals surface area contributed by atoms with Gasteiger partial charge in [-0.3, -0.25) is 0 Å². The fraction of sp³-hybridized carbons (Fsp3) is 0.0500. The number of aliphatic hydroxyl groups excluding tert-OH is 1. The second-order valence-corrected chi connectivity index (χ2v) is 5.53. The van der Waals surface area contributed by atoms with Crippen LogP contribution in [0.4, 0.5) is 0 Å². The highest BCUT2D eigenvalue weighted by atomic mass is 16.3. The minimum Gasteiger partial charge on any atom is -0.392 e. The minimum absolute atomic E-state index is 0.0369. The van der Waals surface area contributed by atoms with Crippen molar-refractivity contribution in [2.24, 2.45) is 0 Å². The molecule has 0 fully saturated rings. The predicted molar refractivity (Wildman–Crippen MR) is 92.0 cm³/mol. The van der Waals surface area contributed by atoms with Gasteiger partial charge in [-0.2, -0.15) is 0 Å². The van der Waals surface area contributed by atoms with Crippen LogP contribution in [0.5, 0.6) is 0 Å². The second-order valence-electron chi connectivity index (χ2n) is 5.53. The Bertz CT molecular complexity index is 940. The van der Waals surface area contributed by atoms with Gasteiger partial charge in [0.2, 0.25) is 0 Å². The van der Waals surface area contributed by atoms with E-state index in [4.69, 9.17) is 0 Å². The molecule has 0 saturated carbocycles. The summed E-state index contributed by atoms with van der Waals surface area (Å²) in [5.74, 6) is 0. The third kappa shape index (κ3) is 2.62. The summed E-state index contributed by atoms with van der Waals surface area (Å²) in [5, 5.41) is 9.23. The molecule has 0 aliphatic rings. The summed E-state index contributed by atoms with van der Waals surface area (Å²) in [5.41, 5.74) is 6.17. The first-order chi connectivity index (χ1) is 11.3. The summed E-state index contributed by atoms with van der Waals surface area (Å²) in [6.07, 6.45) is 3.90. The number of aromatic nitrogens is 2. The minimum atomic E-state index is 0.0369. The molecule has 0 bridgehead atoms. The molecule has 0 amide bonds. The largest absolute Gasteiger partial charge is 0.392 e. The van der Waals surface area contributed by atoms with Crippen molar-refractivity contribution < 1.29 is 5.11 Å². The quantitative estimate of drug-likeness (QED) is 0.617. The van der Waals surface area contributed by atoms with Gasteiger partial charge in [0, 0.05) is 18.0 Å². The molecule has 0 radical (unpaired) electrons. The Morgan fingerprint density at radius 2 is 1.43 bits per heavy atom. The number of hydrogen-bond donors (Lipinski definition) is 1. The summed E-state index contributed by atoms with van der Waals surface area (Å²) >= 11 is 0. The van der Waals surface area contributed by atoms with Crippen molar-refractivity contribution in [1.29, 1.82) is 0 Å². The fourth-order valence-corrected chi connectivity index (χ4v) is 2.73. The van der Waals surface area contributed by atoms with Crippen LogP contribution in [0, 0.1) is 0 Å². The first kappa shape index (κ1) is 13.7. The molecule has 112 valence electrons. The smallest absolute Gasteiger partial charge is 0.137 e. The molecule has 4 aromatic rings. The molecule has 2 aromatic carbocycles. The average Bonchev–Trinajstić information content (AvgIpc) is 3.05. The molecule has 2 aromatic heterocycles. The Morgan fingerprint density at radius 3 is 2.17 bits per heavy atom. The Morgan fingerprint density at radius 1 is 0.739 bits per heavy atom. The van der Waals surface area contributed by atoms with Gasteiger partial charge in [0.1, 0.15) is 5.65 Å². The second kappa shape index (κ2) is 5.71. The molecule has 0 saturated heterocycles. The first-order valence-electron chi connectivity index (χ1n) is 7.58. The molecular weight excluding hydrogens is 284 g/mol. The SMILES string of the molecule is OCc1ccc2nc(-c3ccc(-c4ccccc4)cc3)cn2c1. The summed E-state index contributed by atoms with van der Waals surface area (Å²) in [4.78, 5) is 4.64. The van der Waals surface area contributed by atoms with Crippen molar-refractivity contribution in [1.82, 2.24) is 9.38 Å². The van der Waals surface area contributed by atoms with Gasteiger partial charge >= 0.3 is 0 Å². The van der Waals surface area contributed by atoms with E-state index >= 15 is 0 Å². The Labute approximate surface area is 134 Å². The third-order valence-corrected chi connectivity index (χ3v) is 3.98. The summed E-state index contributed by atoms with van der Waals surface area (Å²) in [6, 6.07) is 22.6. The van der Waals surface area contributed by atoms with Crippen LogP contribution in [0.1, 0.15) is 5.56 Å². The van der Waals surface area contributed by atoms with Gasteiger partial charge in [-0.25, -0.2) is 4.98 Å². The lowest BCUT2D eigenvalue weighted by Gasteiger charge is -2.02. The third-order valence-electron chi connectivity index (χ3n) is 3.98. The maximum absolute atomic E-state index is 9.23. The van der Waals surface area contributed by atoms with Crippen LogP contribution in [0.15, 0.2) is 79.1 Å². The normalized spacial score (nSPS) is 11.0.